The van der Waals surface area contributed by atoms with Crippen molar-refractivity contribution < 1.29 is 18.8 Å². The second-order valence-corrected chi connectivity index (χ2v) is 10.3. The van der Waals surface area contributed by atoms with Crippen molar-refractivity contribution in [3.8, 4) is 0 Å². The standard InChI is InChI=1S/C16H28BN3O3.C7H14ClNO/c1-15(2)16(3,4)23-17(22-15)14-12-18-20(13-14)7-5-6-19-8-10-21-11-9-19;8-2-1-3-9-4-6-10-7-5-9/h12-13H,5-11H2,1-4H3;1-7H2. The van der Waals surface area contributed by atoms with E-state index in [2.05, 4.69) is 42.6 Å². The maximum absolute atomic E-state index is 6.07. The summed E-state index contributed by atoms with van der Waals surface area (Å²) in [5.74, 6) is 0.775. The smallest absolute Gasteiger partial charge is 0.399 e. The lowest BCUT2D eigenvalue weighted by Crippen LogP contribution is -2.41. The Morgan fingerprint density at radius 3 is 1.88 bits per heavy atom. The highest BCUT2D eigenvalue weighted by molar-refractivity contribution is 6.61. The zero-order valence-electron chi connectivity index (χ0n) is 20.9. The van der Waals surface area contributed by atoms with E-state index in [9.17, 15) is 0 Å². The number of morpholine rings is 2. The molecular formula is C23H42BClN4O4. The predicted octanol–water partition coefficient (Wildman–Crippen LogP) is 1.85. The zero-order chi connectivity index (χ0) is 23.7. The number of ether oxygens (including phenoxy) is 2. The fourth-order valence-electron chi connectivity index (χ4n) is 3.99. The molecule has 0 radical (unpaired) electrons. The first-order chi connectivity index (χ1) is 15.8. The Balaban J connectivity index is 0.000000257. The van der Waals surface area contributed by atoms with Gasteiger partial charge in [-0.15, -0.1) is 11.6 Å². The third-order valence-corrected chi connectivity index (χ3v) is 7.12. The van der Waals surface area contributed by atoms with E-state index in [1.165, 1.54) is 0 Å². The highest BCUT2D eigenvalue weighted by Gasteiger charge is 2.52. The molecule has 0 aromatic carbocycles. The number of alkyl halides is 1. The third-order valence-electron chi connectivity index (χ3n) is 6.86. The first-order valence-electron chi connectivity index (χ1n) is 12.3. The molecule has 0 saturated carbocycles. The summed E-state index contributed by atoms with van der Waals surface area (Å²) in [5.41, 5.74) is 0.377. The molecule has 3 aliphatic heterocycles. The number of nitrogens with zero attached hydrogens (tertiary/aromatic N) is 4. The summed E-state index contributed by atoms with van der Waals surface area (Å²) < 4.78 is 24.7. The topological polar surface area (TPSA) is 61.2 Å². The summed E-state index contributed by atoms with van der Waals surface area (Å²) in [5, 5.41) is 4.45. The molecular weight excluding hydrogens is 443 g/mol. The molecule has 0 unspecified atom stereocenters. The maximum atomic E-state index is 6.07. The van der Waals surface area contributed by atoms with Crippen molar-refractivity contribution >= 4 is 24.2 Å². The minimum Gasteiger partial charge on any atom is -0.399 e. The summed E-state index contributed by atoms with van der Waals surface area (Å²) in [6.07, 6.45) is 6.09. The fourth-order valence-corrected chi connectivity index (χ4v) is 4.11. The SMILES string of the molecule is CC1(C)OB(c2cnn(CCCN3CCOCC3)c2)OC1(C)C.ClCCCN1CCOCC1. The number of aromatic nitrogens is 2. The van der Waals surface area contributed by atoms with Crippen LogP contribution in [0.2, 0.25) is 0 Å². The predicted molar refractivity (Wildman–Crippen MR) is 132 cm³/mol. The van der Waals surface area contributed by atoms with Crippen LogP contribution in [0.1, 0.15) is 40.5 Å². The van der Waals surface area contributed by atoms with E-state index in [1.54, 1.807) is 0 Å². The molecule has 1 aromatic heterocycles. The maximum Gasteiger partial charge on any atom is 0.498 e. The number of rotatable bonds is 8. The second kappa shape index (κ2) is 12.9. The highest BCUT2D eigenvalue weighted by Crippen LogP contribution is 2.36. The van der Waals surface area contributed by atoms with Crippen LogP contribution in [-0.2, 0) is 25.3 Å². The van der Waals surface area contributed by atoms with E-state index < -0.39 is 0 Å². The van der Waals surface area contributed by atoms with Gasteiger partial charge in [0.25, 0.3) is 0 Å². The molecule has 3 aliphatic rings. The van der Waals surface area contributed by atoms with Gasteiger partial charge < -0.3 is 18.8 Å². The summed E-state index contributed by atoms with van der Waals surface area (Å²) in [7, 11) is -0.326. The van der Waals surface area contributed by atoms with Crippen LogP contribution in [0.3, 0.4) is 0 Å². The summed E-state index contributed by atoms with van der Waals surface area (Å²) in [4.78, 5) is 4.84. The van der Waals surface area contributed by atoms with Crippen molar-refractivity contribution in [2.75, 3.05) is 71.6 Å². The van der Waals surface area contributed by atoms with Crippen molar-refractivity contribution in [1.29, 1.82) is 0 Å². The van der Waals surface area contributed by atoms with Crippen molar-refractivity contribution in [3.63, 3.8) is 0 Å². The van der Waals surface area contributed by atoms with Crippen molar-refractivity contribution in [2.45, 2.75) is 58.3 Å². The van der Waals surface area contributed by atoms with Crippen LogP contribution >= 0.6 is 11.6 Å². The number of hydrogen-bond acceptors (Lipinski definition) is 7. The van der Waals surface area contributed by atoms with E-state index in [0.717, 1.165) is 96.4 Å². The van der Waals surface area contributed by atoms with E-state index in [-0.39, 0.29) is 18.3 Å². The van der Waals surface area contributed by atoms with Crippen molar-refractivity contribution in [1.82, 2.24) is 19.6 Å². The first kappa shape index (κ1) is 26.9. The normalized spacial score (nSPS) is 23.4. The Morgan fingerprint density at radius 1 is 0.848 bits per heavy atom. The molecule has 4 rings (SSSR count). The van der Waals surface area contributed by atoms with Gasteiger partial charge in [-0.25, -0.2) is 0 Å². The molecule has 0 spiro atoms. The van der Waals surface area contributed by atoms with Crippen molar-refractivity contribution in [3.05, 3.63) is 12.4 Å². The van der Waals surface area contributed by atoms with E-state index >= 15 is 0 Å². The number of aryl methyl sites for hydroxylation is 1. The van der Waals surface area contributed by atoms with Gasteiger partial charge in [-0.3, -0.25) is 14.5 Å². The second-order valence-electron chi connectivity index (χ2n) is 9.93. The molecule has 4 heterocycles. The lowest BCUT2D eigenvalue weighted by atomic mass is 9.82. The molecule has 0 N–H and O–H groups in total. The number of hydrogen-bond donors (Lipinski definition) is 0. The molecule has 1 aromatic rings. The van der Waals surface area contributed by atoms with Crippen molar-refractivity contribution in [2.24, 2.45) is 0 Å². The molecule has 0 bridgehead atoms. The van der Waals surface area contributed by atoms with Crippen LogP contribution in [-0.4, -0.2) is 109 Å². The van der Waals surface area contributed by atoms with Gasteiger partial charge >= 0.3 is 7.12 Å². The molecule has 3 fully saturated rings. The van der Waals surface area contributed by atoms with Gasteiger partial charge in [0.2, 0.25) is 0 Å². The largest absolute Gasteiger partial charge is 0.498 e. The van der Waals surface area contributed by atoms with Crippen LogP contribution < -0.4 is 5.46 Å². The quantitative estimate of drug-likeness (QED) is 0.412. The van der Waals surface area contributed by atoms with Gasteiger partial charge in [0.15, 0.2) is 0 Å². The zero-order valence-corrected chi connectivity index (χ0v) is 21.7. The van der Waals surface area contributed by atoms with Gasteiger partial charge in [0, 0.05) is 63.0 Å². The fraction of sp³-hybridized carbons (Fsp3) is 0.870. The highest BCUT2D eigenvalue weighted by atomic mass is 35.5. The molecule has 10 heteroatoms. The van der Waals surface area contributed by atoms with Gasteiger partial charge in [0.05, 0.1) is 37.6 Å². The van der Waals surface area contributed by atoms with Crippen LogP contribution in [0, 0.1) is 0 Å². The average Bonchev–Trinajstić information content (AvgIpc) is 3.36. The monoisotopic (exact) mass is 484 g/mol. The first-order valence-corrected chi connectivity index (χ1v) is 12.9. The lowest BCUT2D eigenvalue weighted by Gasteiger charge is -2.32. The van der Waals surface area contributed by atoms with Gasteiger partial charge in [-0.05, 0) is 47.1 Å². The number of halogens is 1. The Bertz CT molecular complexity index is 678. The molecule has 0 aliphatic carbocycles. The summed E-state index contributed by atoms with van der Waals surface area (Å²) in [6, 6.07) is 0. The molecule has 33 heavy (non-hydrogen) atoms. The molecule has 188 valence electrons. The Morgan fingerprint density at radius 2 is 1.36 bits per heavy atom. The van der Waals surface area contributed by atoms with Gasteiger partial charge in [-0.1, -0.05) is 0 Å². The van der Waals surface area contributed by atoms with Crippen LogP contribution in [0.15, 0.2) is 12.4 Å². The molecule has 0 atom stereocenters. The minimum absolute atomic E-state index is 0.309. The van der Waals surface area contributed by atoms with Gasteiger partial charge in [0.1, 0.15) is 0 Å². The Kier molecular flexibility index (Phi) is 10.5. The molecule has 8 nitrogen and oxygen atoms in total. The summed E-state index contributed by atoms with van der Waals surface area (Å²) >= 11 is 5.56. The van der Waals surface area contributed by atoms with E-state index in [0.29, 0.717) is 0 Å². The molecule has 0 amide bonds. The molecule has 3 saturated heterocycles. The van der Waals surface area contributed by atoms with E-state index in [4.69, 9.17) is 30.4 Å². The lowest BCUT2D eigenvalue weighted by molar-refractivity contribution is 0.00578. The average molecular weight is 485 g/mol. The van der Waals surface area contributed by atoms with Crippen LogP contribution in [0.25, 0.3) is 0 Å². The minimum atomic E-state index is -0.326. The summed E-state index contributed by atoms with van der Waals surface area (Å²) in [6.45, 7) is 19.1. The Hall–Kier alpha value is -0.675. The van der Waals surface area contributed by atoms with Crippen LogP contribution in [0.4, 0.5) is 0 Å². The Labute approximate surface area is 204 Å². The van der Waals surface area contributed by atoms with Gasteiger partial charge in [-0.2, -0.15) is 5.10 Å². The van der Waals surface area contributed by atoms with E-state index in [1.807, 2.05) is 17.1 Å². The van der Waals surface area contributed by atoms with Crippen LogP contribution in [0.5, 0.6) is 0 Å². The third kappa shape index (κ3) is 8.20.